The van der Waals surface area contributed by atoms with Crippen molar-refractivity contribution in [3.05, 3.63) is 73.1 Å². The van der Waals surface area contributed by atoms with E-state index in [1.165, 1.54) is 30.3 Å². The minimum atomic E-state index is -1.03. The van der Waals surface area contributed by atoms with E-state index >= 15 is 0 Å². The molecule has 0 aliphatic rings. The SMILES string of the molecule is O=C(COc1ccc(-c2coc3cc(OCC(=O)OCCO[N+](=O)[O-])cc(O)c3c2=O)cc1)OCCO[N+](=O)[O-]. The molecule has 0 aliphatic carbocycles. The number of esters is 2. The Bertz CT molecular complexity index is 1430. The van der Waals surface area contributed by atoms with Gasteiger partial charge in [0, 0.05) is 12.1 Å². The number of hydrogen-bond acceptors (Lipinski definition) is 15. The molecule has 0 spiro atoms. The lowest BCUT2D eigenvalue weighted by Gasteiger charge is -2.10. The Morgan fingerprint density at radius 3 is 1.93 bits per heavy atom. The Labute approximate surface area is 222 Å². The molecule has 17 heteroatoms. The summed E-state index contributed by atoms with van der Waals surface area (Å²) in [6, 6.07) is 8.36. The van der Waals surface area contributed by atoms with Gasteiger partial charge in [0.15, 0.2) is 13.2 Å². The van der Waals surface area contributed by atoms with E-state index in [0.717, 1.165) is 12.3 Å². The largest absolute Gasteiger partial charge is 0.507 e. The maximum Gasteiger partial charge on any atom is 0.344 e. The molecular formula is C23H20N2O15. The van der Waals surface area contributed by atoms with Crippen molar-refractivity contribution in [2.75, 3.05) is 39.6 Å². The van der Waals surface area contributed by atoms with E-state index in [1.54, 1.807) is 0 Å². The van der Waals surface area contributed by atoms with Crippen molar-refractivity contribution in [3.8, 4) is 28.4 Å². The number of phenols is 1. The molecule has 1 heterocycles. The average Bonchev–Trinajstić information content (AvgIpc) is 2.91. The summed E-state index contributed by atoms with van der Waals surface area (Å²) in [5.74, 6) is -1.84. The molecule has 40 heavy (non-hydrogen) atoms. The Morgan fingerprint density at radius 2 is 1.38 bits per heavy atom. The first-order valence-corrected chi connectivity index (χ1v) is 11.1. The minimum Gasteiger partial charge on any atom is -0.507 e. The molecule has 3 aromatic rings. The van der Waals surface area contributed by atoms with Gasteiger partial charge >= 0.3 is 11.9 Å². The van der Waals surface area contributed by atoms with E-state index in [9.17, 15) is 39.7 Å². The molecule has 1 aromatic heterocycles. The zero-order valence-corrected chi connectivity index (χ0v) is 20.3. The standard InChI is InChI=1S/C23H20N2O15/c26-18-9-16(37-13-21(28)35-6-8-40-25(32)33)10-19-22(18)23(29)17(11-38-19)14-1-3-15(4-2-14)36-12-20(27)34-5-7-39-24(30)31/h1-4,9-11,26H,5-8,12-13H2. The molecule has 2 aromatic carbocycles. The molecule has 3 rings (SSSR count). The van der Waals surface area contributed by atoms with E-state index in [0.29, 0.717) is 5.56 Å². The van der Waals surface area contributed by atoms with Crippen molar-refractivity contribution in [1.82, 2.24) is 0 Å². The van der Waals surface area contributed by atoms with Crippen molar-refractivity contribution >= 4 is 22.9 Å². The van der Waals surface area contributed by atoms with Crippen molar-refractivity contribution in [2.45, 2.75) is 0 Å². The number of benzene rings is 2. The predicted octanol–water partition coefficient (Wildman–Crippen LogP) is 1.43. The summed E-state index contributed by atoms with van der Waals surface area (Å²) in [6.07, 6.45) is 1.16. The number of fused-ring (bicyclic) bond motifs is 1. The third kappa shape index (κ3) is 8.47. The Kier molecular flexibility index (Phi) is 9.99. The van der Waals surface area contributed by atoms with Gasteiger partial charge in [-0.1, -0.05) is 12.1 Å². The smallest absolute Gasteiger partial charge is 0.344 e. The topological polar surface area (TPSA) is 226 Å². The van der Waals surface area contributed by atoms with Crippen LogP contribution in [0.3, 0.4) is 0 Å². The second-order valence-electron chi connectivity index (χ2n) is 7.45. The van der Waals surface area contributed by atoms with Gasteiger partial charge in [-0.05, 0) is 17.7 Å². The van der Waals surface area contributed by atoms with Gasteiger partial charge in [-0.25, -0.2) is 9.59 Å². The number of aromatic hydroxyl groups is 1. The average molecular weight is 564 g/mol. The molecule has 0 atom stereocenters. The Morgan fingerprint density at radius 1 is 0.825 bits per heavy atom. The number of carbonyl (C=O) groups is 2. The summed E-state index contributed by atoms with van der Waals surface area (Å²) < 4.78 is 25.4. The fourth-order valence-electron chi connectivity index (χ4n) is 3.12. The van der Waals surface area contributed by atoms with Crippen LogP contribution >= 0.6 is 0 Å². The molecule has 212 valence electrons. The highest BCUT2D eigenvalue weighted by Gasteiger charge is 2.16. The first-order valence-electron chi connectivity index (χ1n) is 11.1. The summed E-state index contributed by atoms with van der Waals surface area (Å²) in [4.78, 5) is 64.4. The fourth-order valence-corrected chi connectivity index (χ4v) is 3.12. The first-order chi connectivity index (χ1) is 19.1. The van der Waals surface area contributed by atoms with Crippen LogP contribution in [0, 0.1) is 20.2 Å². The van der Waals surface area contributed by atoms with Gasteiger partial charge in [-0.3, -0.25) is 4.79 Å². The zero-order valence-electron chi connectivity index (χ0n) is 20.3. The van der Waals surface area contributed by atoms with Crippen LogP contribution in [-0.2, 0) is 28.7 Å². The quantitative estimate of drug-likeness (QED) is 0.119. The Balaban J connectivity index is 1.60. The van der Waals surface area contributed by atoms with Gasteiger partial charge in [-0.15, -0.1) is 20.2 Å². The summed E-state index contributed by atoms with van der Waals surface area (Å²) >= 11 is 0. The molecular weight excluding hydrogens is 544 g/mol. The van der Waals surface area contributed by atoms with Crippen LogP contribution in [0.4, 0.5) is 0 Å². The molecule has 17 nitrogen and oxygen atoms in total. The van der Waals surface area contributed by atoms with Gasteiger partial charge in [-0.2, -0.15) is 0 Å². The maximum absolute atomic E-state index is 13.0. The van der Waals surface area contributed by atoms with Crippen molar-refractivity contribution in [3.63, 3.8) is 0 Å². The lowest BCUT2D eigenvalue weighted by atomic mass is 10.0. The van der Waals surface area contributed by atoms with Crippen LogP contribution in [0.1, 0.15) is 0 Å². The van der Waals surface area contributed by atoms with Crippen LogP contribution in [0.2, 0.25) is 0 Å². The molecule has 0 saturated carbocycles. The highest BCUT2D eigenvalue weighted by atomic mass is 17.0. The zero-order chi connectivity index (χ0) is 29.1. The summed E-state index contributed by atoms with van der Waals surface area (Å²) in [7, 11) is 0. The van der Waals surface area contributed by atoms with Crippen LogP contribution in [0.25, 0.3) is 22.1 Å². The van der Waals surface area contributed by atoms with Crippen LogP contribution < -0.4 is 14.9 Å². The van der Waals surface area contributed by atoms with E-state index in [1.807, 2.05) is 0 Å². The van der Waals surface area contributed by atoms with E-state index in [4.69, 9.17) is 23.4 Å². The first kappa shape index (κ1) is 29.0. The maximum atomic E-state index is 13.0. The summed E-state index contributed by atoms with van der Waals surface area (Å²) in [5, 5.41) is 28.3. The summed E-state index contributed by atoms with van der Waals surface area (Å²) in [6.45, 7) is -2.61. The third-order valence-electron chi connectivity index (χ3n) is 4.80. The van der Waals surface area contributed by atoms with Crippen molar-refractivity contribution in [2.24, 2.45) is 0 Å². The van der Waals surface area contributed by atoms with Gasteiger partial charge in [0.25, 0.3) is 10.2 Å². The van der Waals surface area contributed by atoms with Crippen molar-refractivity contribution < 1.29 is 57.9 Å². The number of nitrogens with zero attached hydrogens (tertiary/aromatic N) is 2. The molecule has 0 bridgehead atoms. The molecule has 0 fully saturated rings. The molecule has 0 aliphatic heterocycles. The van der Waals surface area contributed by atoms with Gasteiger partial charge < -0.3 is 38.1 Å². The normalized spacial score (nSPS) is 10.4. The van der Waals surface area contributed by atoms with Gasteiger partial charge in [0.05, 0.1) is 5.56 Å². The number of carbonyl (C=O) groups excluding carboxylic acids is 2. The molecule has 0 saturated heterocycles. The monoisotopic (exact) mass is 564 g/mol. The molecule has 1 N–H and O–H groups in total. The van der Waals surface area contributed by atoms with Crippen LogP contribution in [0.5, 0.6) is 17.2 Å². The van der Waals surface area contributed by atoms with E-state index < -0.39 is 59.7 Å². The Hall–Kier alpha value is -5.61. The van der Waals surface area contributed by atoms with Crippen molar-refractivity contribution in [1.29, 1.82) is 0 Å². The number of hydrogen-bond donors (Lipinski definition) is 1. The number of rotatable bonds is 15. The highest BCUT2D eigenvalue weighted by Crippen LogP contribution is 2.30. The van der Waals surface area contributed by atoms with Gasteiger partial charge in [0.2, 0.25) is 5.43 Å². The number of phenolic OH excluding ortho intramolecular Hbond substituents is 1. The molecule has 0 radical (unpaired) electrons. The fraction of sp³-hybridized carbons (Fsp3) is 0.261. The van der Waals surface area contributed by atoms with Gasteiger partial charge in [0.1, 0.15) is 60.9 Å². The van der Waals surface area contributed by atoms with Crippen LogP contribution in [-0.4, -0.2) is 66.9 Å². The lowest BCUT2D eigenvalue weighted by Crippen LogP contribution is -2.18. The minimum absolute atomic E-state index is 0.00951. The number of ether oxygens (including phenoxy) is 4. The van der Waals surface area contributed by atoms with Crippen LogP contribution in [0.15, 0.2) is 51.9 Å². The summed E-state index contributed by atoms with van der Waals surface area (Å²) in [5.41, 5.74) is -0.0805. The molecule has 0 amide bonds. The van der Waals surface area contributed by atoms with E-state index in [-0.39, 0.29) is 41.2 Å². The third-order valence-corrected chi connectivity index (χ3v) is 4.80. The predicted molar refractivity (Wildman–Crippen MR) is 128 cm³/mol. The lowest BCUT2D eigenvalue weighted by molar-refractivity contribution is -0.757. The highest BCUT2D eigenvalue weighted by molar-refractivity contribution is 5.88. The van der Waals surface area contributed by atoms with E-state index in [2.05, 4.69) is 9.68 Å². The second-order valence-corrected chi connectivity index (χ2v) is 7.45. The second kappa shape index (κ2) is 13.8. The molecule has 0 unspecified atom stereocenters.